The highest BCUT2D eigenvalue weighted by Gasteiger charge is 2.79. The number of ether oxygens (including phenoxy) is 2. The fourth-order valence-corrected chi connectivity index (χ4v) is 7.93. The molecule has 5 aliphatic rings. The maximum absolute atomic E-state index is 17.1. The van der Waals surface area contributed by atoms with Crippen molar-refractivity contribution >= 4 is 11.6 Å². The van der Waals surface area contributed by atoms with Crippen molar-refractivity contribution in [1.82, 2.24) is 0 Å². The molecule has 1 saturated heterocycles. The number of rotatable bonds is 2. The van der Waals surface area contributed by atoms with E-state index in [4.69, 9.17) is 9.47 Å². The van der Waals surface area contributed by atoms with Gasteiger partial charge in [-0.05, 0) is 64.5 Å². The molecule has 3 saturated carbocycles. The van der Waals surface area contributed by atoms with Crippen molar-refractivity contribution in [2.24, 2.45) is 22.7 Å². The molecule has 170 valence electrons. The zero-order valence-corrected chi connectivity index (χ0v) is 18.5. The average Bonchev–Trinajstić information content (AvgIpc) is 3.09. The predicted octanol–water partition coefficient (Wildman–Crippen LogP) is 2.42. The van der Waals surface area contributed by atoms with E-state index < -0.39 is 58.4 Å². The van der Waals surface area contributed by atoms with Gasteiger partial charge in [-0.25, -0.2) is 4.39 Å². The van der Waals surface area contributed by atoms with Gasteiger partial charge in [0.25, 0.3) is 0 Å². The molecule has 5 rings (SSSR count). The van der Waals surface area contributed by atoms with Crippen LogP contribution in [0.5, 0.6) is 0 Å². The minimum absolute atomic E-state index is 0.0109. The molecule has 0 amide bonds. The van der Waals surface area contributed by atoms with Crippen molar-refractivity contribution in [3.8, 4) is 0 Å². The topological polar surface area (TPSA) is 93.1 Å². The lowest BCUT2D eigenvalue weighted by molar-refractivity contribution is -0.246. The number of ketones is 2. The zero-order chi connectivity index (χ0) is 22.6. The summed E-state index contributed by atoms with van der Waals surface area (Å²) in [4.78, 5) is 25.1. The normalized spacial score (nSPS) is 52.1. The van der Waals surface area contributed by atoms with Crippen LogP contribution in [-0.2, 0) is 19.1 Å². The number of halogens is 1. The highest BCUT2D eigenvalue weighted by molar-refractivity contribution is 6.01. The Kier molecular flexibility index (Phi) is 4.24. The average molecular weight is 435 g/mol. The molecule has 0 bridgehead atoms. The van der Waals surface area contributed by atoms with Gasteiger partial charge >= 0.3 is 0 Å². The monoisotopic (exact) mass is 434 g/mol. The Bertz CT molecular complexity index is 925. The van der Waals surface area contributed by atoms with E-state index in [2.05, 4.69) is 0 Å². The lowest BCUT2D eigenvalue weighted by Gasteiger charge is -2.62. The van der Waals surface area contributed by atoms with Crippen LogP contribution in [0.15, 0.2) is 23.8 Å². The van der Waals surface area contributed by atoms with Crippen LogP contribution in [0.1, 0.15) is 53.4 Å². The highest BCUT2D eigenvalue weighted by atomic mass is 19.1. The molecule has 1 heterocycles. The Labute approximate surface area is 181 Å². The molecular weight excluding hydrogens is 403 g/mol. The van der Waals surface area contributed by atoms with Crippen LogP contribution >= 0.6 is 0 Å². The van der Waals surface area contributed by atoms with Crippen LogP contribution in [0.4, 0.5) is 4.39 Å². The number of carbonyl (C=O) groups is 2. The maximum atomic E-state index is 17.1. The minimum atomic E-state index is -1.98. The van der Waals surface area contributed by atoms with Gasteiger partial charge in [-0.2, -0.15) is 0 Å². The van der Waals surface area contributed by atoms with Crippen LogP contribution in [0, 0.1) is 22.7 Å². The summed E-state index contributed by atoms with van der Waals surface area (Å²) in [5, 5.41) is 21.2. The molecule has 6 nitrogen and oxygen atoms in total. The van der Waals surface area contributed by atoms with Crippen LogP contribution in [0.2, 0.25) is 0 Å². The first-order valence-corrected chi connectivity index (χ1v) is 11.2. The number of alkyl halides is 1. The summed E-state index contributed by atoms with van der Waals surface area (Å²) in [6.07, 6.45) is 4.00. The quantitative estimate of drug-likeness (QED) is 0.694. The second kappa shape index (κ2) is 6.13. The van der Waals surface area contributed by atoms with E-state index in [-0.39, 0.29) is 18.1 Å². The van der Waals surface area contributed by atoms with Gasteiger partial charge in [-0.1, -0.05) is 18.6 Å². The lowest BCUT2D eigenvalue weighted by atomic mass is 9.44. The van der Waals surface area contributed by atoms with Crippen LogP contribution in [-0.4, -0.2) is 57.7 Å². The third kappa shape index (κ3) is 2.31. The summed E-state index contributed by atoms with van der Waals surface area (Å²) >= 11 is 0. The first kappa shape index (κ1) is 21.4. The second-order valence-electron chi connectivity index (χ2n) is 10.9. The number of carbonyl (C=O) groups excluding carboxylic acids is 2. The molecule has 0 aromatic rings. The molecule has 1 aliphatic heterocycles. The number of hydrogen-bond donors (Lipinski definition) is 2. The number of allylic oxidation sites excluding steroid dienone is 4. The number of aliphatic hydroxyl groups is 2. The van der Waals surface area contributed by atoms with Gasteiger partial charge in [0.2, 0.25) is 0 Å². The summed E-state index contributed by atoms with van der Waals surface area (Å²) in [6.45, 7) is 6.41. The van der Waals surface area contributed by atoms with Crippen molar-refractivity contribution in [3.05, 3.63) is 23.8 Å². The zero-order valence-electron chi connectivity index (χ0n) is 18.5. The van der Waals surface area contributed by atoms with Gasteiger partial charge in [0.1, 0.15) is 6.61 Å². The van der Waals surface area contributed by atoms with Gasteiger partial charge in [0, 0.05) is 16.7 Å². The van der Waals surface area contributed by atoms with E-state index in [0.717, 1.165) is 5.57 Å². The summed E-state index contributed by atoms with van der Waals surface area (Å²) in [6, 6.07) is 0. The highest BCUT2D eigenvalue weighted by Crippen LogP contribution is 2.72. The number of Topliss-reactive ketones (excluding diaryl/α,β-unsaturated/α-hetero) is 1. The fraction of sp³-hybridized carbons (Fsp3) is 0.750. The Hall–Kier alpha value is -1.41. The van der Waals surface area contributed by atoms with Gasteiger partial charge in [-0.3, -0.25) is 9.59 Å². The summed E-state index contributed by atoms with van der Waals surface area (Å²) in [7, 11) is 0. The Morgan fingerprint density at radius 3 is 2.65 bits per heavy atom. The summed E-state index contributed by atoms with van der Waals surface area (Å²) in [5.41, 5.74) is -4.66. The van der Waals surface area contributed by atoms with Crippen LogP contribution < -0.4 is 0 Å². The molecule has 0 aromatic carbocycles. The van der Waals surface area contributed by atoms with Gasteiger partial charge in [0.05, 0.1) is 12.2 Å². The van der Waals surface area contributed by atoms with Crippen molar-refractivity contribution in [1.29, 1.82) is 0 Å². The van der Waals surface area contributed by atoms with Crippen molar-refractivity contribution in [2.75, 3.05) is 6.61 Å². The van der Waals surface area contributed by atoms with E-state index in [1.54, 1.807) is 26.8 Å². The lowest BCUT2D eigenvalue weighted by Crippen LogP contribution is -2.70. The van der Waals surface area contributed by atoms with Crippen molar-refractivity contribution < 1.29 is 33.7 Å². The third-order valence-electron chi connectivity index (χ3n) is 9.19. The molecular formula is C24H31FO6. The number of fused-ring (bicyclic) bond motifs is 7. The number of aliphatic hydroxyl groups excluding tert-OH is 2. The van der Waals surface area contributed by atoms with E-state index >= 15 is 4.39 Å². The van der Waals surface area contributed by atoms with E-state index in [0.29, 0.717) is 19.3 Å². The first-order valence-electron chi connectivity index (χ1n) is 11.2. The molecule has 8 atom stereocenters. The molecule has 0 radical (unpaired) electrons. The van der Waals surface area contributed by atoms with Crippen LogP contribution in [0.25, 0.3) is 0 Å². The Morgan fingerprint density at radius 2 is 1.97 bits per heavy atom. The Balaban J connectivity index is 1.64. The predicted molar refractivity (Wildman–Crippen MR) is 109 cm³/mol. The van der Waals surface area contributed by atoms with Gasteiger partial charge < -0.3 is 19.7 Å². The fourth-order valence-electron chi connectivity index (χ4n) is 7.93. The number of hydrogen-bond acceptors (Lipinski definition) is 6. The molecule has 2 N–H and O–H groups in total. The van der Waals surface area contributed by atoms with E-state index in [1.807, 2.05) is 6.92 Å². The molecule has 0 spiro atoms. The van der Waals surface area contributed by atoms with Crippen molar-refractivity contribution in [2.45, 2.75) is 82.6 Å². The maximum Gasteiger partial charge on any atom is 0.193 e. The molecule has 4 fully saturated rings. The summed E-state index contributed by atoms with van der Waals surface area (Å²) < 4.78 is 29.5. The van der Waals surface area contributed by atoms with E-state index in [9.17, 15) is 19.8 Å². The third-order valence-corrected chi connectivity index (χ3v) is 9.19. The molecule has 1 unspecified atom stereocenters. The minimum Gasteiger partial charge on any atom is -0.390 e. The van der Waals surface area contributed by atoms with Crippen molar-refractivity contribution in [3.63, 3.8) is 0 Å². The molecule has 7 heteroatoms. The SMILES string of the molecule is CC1(C)O[C@@H]2C[C@H]3[C@@H]4CCC5=CC(=O)C=CC5(C)[C@@]4(F)[C@@H](O)C[C@]3(C)[C@]2(C(=O)CO)O1. The largest absolute Gasteiger partial charge is 0.390 e. The Morgan fingerprint density at radius 1 is 1.26 bits per heavy atom. The van der Waals surface area contributed by atoms with E-state index in [1.165, 1.54) is 12.2 Å². The van der Waals surface area contributed by atoms with Crippen LogP contribution in [0.3, 0.4) is 0 Å². The molecule has 4 aliphatic carbocycles. The second-order valence-corrected chi connectivity index (χ2v) is 10.9. The summed E-state index contributed by atoms with van der Waals surface area (Å²) in [5.74, 6) is -2.46. The molecule has 0 aromatic heterocycles. The van der Waals surface area contributed by atoms with Gasteiger partial charge in [0.15, 0.2) is 28.6 Å². The molecule has 31 heavy (non-hydrogen) atoms. The standard InChI is InChI=1S/C24H31FO6/c1-20(2)30-19-10-16-15-6-5-13-9-14(27)7-8-21(13,3)23(15,25)17(28)11-22(16,4)24(19,31-20)18(29)12-26/h7-9,15-17,19,26,28H,5-6,10-12H2,1-4H3/t15-,16-,17-,19+,21?,22-,23-,24+/m0/s1. The smallest absolute Gasteiger partial charge is 0.193 e. The first-order chi connectivity index (χ1) is 14.4. The van der Waals surface area contributed by atoms with Gasteiger partial charge in [-0.15, -0.1) is 0 Å².